The Morgan fingerprint density at radius 3 is 2.52 bits per heavy atom. The number of hydrogen-bond donors (Lipinski definition) is 1. The van der Waals surface area contributed by atoms with Crippen LogP contribution in [0.4, 0.5) is 0 Å². The van der Waals surface area contributed by atoms with Crippen LogP contribution in [0.3, 0.4) is 0 Å². The second-order valence-electron chi connectivity index (χ2n) is 5.45. The summed E-state index contributed by atoms with van der Waals surface area (Å²) >= 11 is 0. The number of methoxy groups -OCH3 is 1. The smallest absolute Gasteiger partial charge is 0.373 e. The number of sulfonamides is 1. The Hall–Kier alpha value is -2.16. The predicted molar refractivity (Wildman–Crippen MR) is 92.7 cm³/mol. The summed E-state index contributed by atoms with van der Waals surface area (Å²) in [7, 11) is -2.63. The molecule has 7 nitrogen and oxygen atoms in total. The highest BCUT2D eigenvalue weighted by Crippen LogP contribution is 2.24. The van der Waals surface area contributed by atoms with Crippen LogP contribution in [0.1, 0.15) is 21.9 Å². The monoisotopic (exact) mass is 366 g/mol. The van der Waals surface area contributed by atoms with Gasteiger partial charge in [0.25, 0.3) is 0 Å². The van der Waals surface area contributed by atoms with Crippen molar-refractivity contribution in [1.82, 2.24) is 4.31 Å². The van der Waals surface area contributed by atoms with Gasteiger partial charge in [-0.05, 0) is 18.9 Å². The number of esters is 1. The molecular formula is C17H22N2O5S. The summed E-state index contributed by atoms with van der Waals surface area (Å²) in [6.45, 7) is 2.14. The van der Waals surface area contributed by atoms with Crippen molar-refractivity contribution in [2.24, 2.45) is 5.73 Å². The molecule has 0 atom stereocenters. The van der Waals surface area contributed by atoms with Crippen LogP contribution in [0, 0.1) is 6.92 Å². The highest BCUT2D eigenvalue weighted by molar-refractivity contribution is 7.89. The highest BCUT2D eigenvalue weighted by atomic mass is 32.2. The van der Waals surface area contributed by atoms with Crippen molar-refractivity contribution in [1.29, 1.82) is 0 Å². The zero-order valence-corrected chi connectivity index (χ0v) is 15.1. The van der Waals surface area contributed by atoms with Crippen molar-refractivity contribution >= 4 is 16.0 Å². The molecule has 0 aliphatic carbocycles. The first-order valence-corrected chi connectivity index (χ1v) is 9.27. The number of benzene rings is 1. The van der Waals surface area contributed by atoms with E-state index < -0.39 is 16.0 Å². The van der Waals surface area contributed by atoms with Crippen molar-refractivity contribution in [3.63, 3.8) is 0 Å². The van der Waals surface area contributed by atoms with Crippen molar-refractivity contribution in [3.05, 3.63) is 53.5 Å². The van der Waals surface area contributed by atoms with Gasteiger partial charge in [-0.1, -0.05) is 30.3 Å². The Bertz CT molecular complexity index is 815. The normalized spacial score (nSPS) is 11.7. The number of furan rings is 1. The van der Waals surface area contributed by atoms with Gasteiger partial charge in [-0.3, -0.25) is 0 Å². The fourth-order valence-corrected chi connectivity index (χ4v) is 4.07. The van der Waals surface area contributed by atoms with Gasteiger partial charge in [0.1, 0.15) is 10.7 Å². The molecule has 8 heteroatoms. The van der Waals surface area contributed by atoms with Crippen molar-refractivity contribution in [2.75, 3.05) is 26.7 Å². The van der Waals surface area contributed by atoms with E-state index in [0.717, 1.165) is 5.56 Å². The van der Waals surface area contributed by atoms with Crippen LogP contribution < -0.4 is 5.73 Å². The van der Waals surface area contributed by atoms with Crippen LogP contribution in [-0.4, -0.2) is 45.4 Å². The molecule has 2 rings (SSSR count). The van der Waals surface area contributed by atoms with Gasteiger partial charge >= 0.3 is 5.97 Å². The second kappa shape index (κ2) is 8.28. The Morgan fingerprint density at radius 2 is 1.92 bits per heavy atom. The molecule has 1 heterocycles. The largest absolute Gasteiger partial charge is 0.463 e. The topological polar surface area (TPSA) is 103 Å². The van der Waals surface area contributed by atoms with E-state index in [0.29, 0.717) is 6.42 Å². The number of aryl methyl sites for hydroxylation is 1. The minimum Gasteiger partial charge on any atom is -0.463 e. The molecule has 25 heavy (non-hydrogen) atoms. The number of hydrogen-bond acceptors (Lipinski definition) is 6. The van der Waals surface area contributed by atoms with E-state index in [1.54, 1.807) is 0 Å². The lowest BCUT2D eigenvalue weighted by molar-refractivity contribution is 0.0563. The third-order valence-corrected chi connectivity index (χ3v) is 5.75. The molecule has 0 aliphatic heterocycles. The Kier molecular flexibility index (Phi) is 6.35. The van der Waals surface area contributed by atoms with E-state index >= 15 is 0 Å². The van der Waals surface area contributed by atoms with E-state index in [1.165, 1.54) is 24.4 Å². The van der Waals surface area contributed by atoms with Crippen LogP contribution in [-0.2, 0) is 21.2 Å². The Labute approximate surface area is 147 Å². The number of carbonyl (C=O) groups is 1. The number of nitrogens with two attached hydrogens (primary N) is 1. The van der Waals surface area contributed by atoms with E-state index in [-0.39, 0.29) is 36.1 Å². The van der Waals surface area contributed by atoms with Gasteiger partial charge in [-0.25, -0.2) is 13.2 Å². The molecule has 0 unspecified atom stereocenters. The molecule has 0 saturated heterocycles. The van der Waals surface area contributed by atoms with Gasteiger partial charge in [-0.15, -0.1) is 0 Å². The van der Waals surface area contributed by atoms with Gasteiger partial charge in [0.05, 0.1) is 7.11 Å². The van der Waals surface area contributed by atoms with Gasteiger partial charge < -0.3 is 14.9 Å². The summed E-state index contributed by atoms with van der Waals surface area (Å²) in [5.41, 5.74) is 6.61. The maximum absolute atomic E-state index is 12.9. The van der Waals surface area contributed by atoms with Gasteiger partial charge in [0.2, 0.25) is 15.8 Å². The van der Waals surface area contributed by atoms with Crippen molar-refractivity contribution in [3.8, 4) is 0 Å². The first-order chi connectivity index (χ1) is 11.9. The molecule has 0 fully saturated rings. The molecule has 1 aromatic carbocycles. The summed E-state index contributed by atoms with van der Waals surface area (Å²) in [6, 6.07) is 10.8. The van der Waals surface area contributed by atoms with Crippen LogP contribution >= 0.6 is 0 Å². The molecule has 0 spiro atoms. The molecule has 0 radical (unpaired) electrons. The van der Waals surface area contributed by atoms with Gasteiger partial charge in [-0.2, -0.15) is 4.31 Å². The van der Waals surface area contributed by atoms with Crippen LogP contribution in [0.2, 0.25) is 0 Å². The highest BCUT2D eigenvalue weighted by Gasteiger charge is 2.29. The number of carbonyl (C=O) groups excluding carboxylic acids is 1. The molecule has 2 aromatic rings. The molecule has 136 valence electrons. The molecule has 0 bridgehead atoms. The Morgan fingerprint density at radius 1 is 1.24 bits per heavy atom. The van der Waals surface area contributed by atoms with E-state index in [9.17, 15) is 13.2 Å². The maximum Gasteiger partial charge on any atom is 0.373 e. The maximum atomic E-state index is 12.9. The quantitative estimate of drug-likeness (QED) is 0.711. The minimum atomic E-state index is -3.83. The molecule has 0 amide bonds. The summed E-state index contributed by atoms with van der Waals surface area (Å²) in [5.74, 6) is -0.726. The second-order valence-corrected chi connectivity index (χ2v) is 7.36. The molecule has 0 aliphatic rings. The van der Waals surface area contributed by atoms with Crippen molar-refractivity contribution in [2.45, 2.75) is 18.2 Å². The van der Waals surface area contributed by atoms with Gasteiger partial charge in [0, 0.05) is 25.7 Å². The molecular weight excluding hydrogens is 344 g/mol. The Balaban J connectivity index is 2.26. The van der Waals surface area contributed by atoms with Crippen LogP contribution in [0.5, 0.6) is 0 Å². The average molecular weight is 366 g/mol. The average Bonchev–Trinajstić information content (AvgIpc) is 3.01. The molecule has 2 N–H and O–H groups in total. The van der Waals surface area contributed by atoms with Crippen molar-refractivity contribution < 1.29 is 22.4 Å². The lowest BCUT2D eigenvalue weighted by atomic mass is 10.1. The van der Waals surface area contributed by atoms with E-state index in [1.807, 2.05) is 30.3 Å². The third-order valence-electron chi connectivity index (χ3n) is 3.75. The zero-order chi connectivity index (χ0) is 18.4. The van der Waals surface area contributed by atoms with Crippen LogP contribution in [0.15, 0.2) is 45.7 Å². The number of ether oxygens (including phenoxy) is 1. The number of nitrogens with zero attached hydrogens (tertiary/aromatic N) is 1. The fourth-order valence-electron chi connectivity index (χ4n) is 2.46. The van der Waals surface area contributed by atoms with Crippen LogP contribution in [0.25, 0.3) is 0 Å². The predicted octanol–water partition coefficient (Wildman–Crippen LogP) is 1.57. The standard InChI is InChI=1S/C17H22N2O5S/c1-13-16(12-15(24-13)17(20)23-2)25(21,22)19(11-9-18)10-8-14-6-4-3-5-7-14/h3-7,12H,8-11,18H2,1-2H3. The third kappa shape index (κ3) is 4.47. The first kappa shape index (κ1) is 19.2. The summed E-state index contributed by atoms with van der Waals surface area (Å²) in [5, 5.41) is 0. The summed E-state index contributed by atoms with van der Waals surface area (Å²) < 4.78 is 37.0. The lowest BCUT2D eigenvalue weighted by Crippen LogP contribution is -2.37. The summed E-state index contributed by atoms with van der Waals surface area (Å²) in [4.78, 5) is 11.5. The lowest BCUT2D eigenvalue weighted by Gasteiger charge is -2.21. The van der Waals surface area contributed by atoms with Gasteiger partial charge in [0.15, 0.2) is 0 Å². The fraction of sp³-hybridized carbons (Fsp3) is 0.353. The van der Waals surface area contributed by atoms with E-state index in [4.69, 9.17) is 10.2 Å². The molecule has 0 saturated carbocycles. The minimum absolute atomic E-state index is 0.0468. The molecule has 1 aromatic heterocycles. The first-order valence-electron chi connectivity index (χ1n) is 7.83. The number of rotatable bonds is 8. The zero-order valence-electron chi connectivity index (χ0n) is 14.3. The SMILES string of the molecule is COC(=O)c1cc(S(=O)(=O)N(CCN)CCc2ccccc2)c(C)o1. The summed E-state index contributed by atoms with van der Waals surface area (Å²) in [6.07, 6.45) is 0.556. The van der Waals surface area contributed by atoms with E-state index in [2.05, 4.69) is 4.74 Å².